The van der Waals surface area contributed by atoms with Crippen molar-refractivity contribution in [3.8, 4) is 0 Å². The molecule has 0 aliphatic carbocycles. The maximum Gasteiger partial charge on any atom is 0.268 e. The van der Waals surface area contributed by atoms with Crippen molar-refractivity contribution in [1.29, 1.82) is 0 Å². The van der Waals surface area contributed by atoms with E-state index in [1.54, 1.807) is 0 Å². The van der Waals surface area contributed by atoms with E-state index >= 15 is 0 Å². The normalized spacial score (nSPS) is 11.7. The number of rotatable bonds is 5. The Bertz CT molecular complexity index is 1410. The molecule has 2 aromatic heterocycles. The Morgan fingerprint density at radius 2 is 1.91 bits per heavy atom. The van der Waals surface area contributed by atoms with E-state index in [0.29, 0.717) is 11.0 Å². The molecule has 33 heavy (non-hydrogen) atoms. The second kappa shape index (κ2) is 9.19. The molecule has 0 spiro atoms. The van der Waals surface area contributed by atoms with Crippen molar-refractivity contribution in [3.63, 3.8) is 0 Å². The van der Waals surface area contributed by atoms with Crippen LogP contribution in [0.1, 0.15) is 39.2 Å². The zero-order chi connectivity index (χ0) is 23.5. The lowest BCUT2D eigenvalue weighted by molar-refractivity contribution is 0.0690. The zero-order valence-corrected chi connectivity index (χ0v) is 18.2. The second-order valence-electron chi connectivity index (χ2n) is 7.29. The Balaban J connectivity index is 1.59. The first-order valence-corrected chi connectivity index (χ1v) is 10.3. The number of nitrogens with two attached hydrogens (primary N) is 1. The van der Waals surface area contributed by atoms with Crippen LogP contribution in [0.15, 0.2) is 71.9 Å². The first-order chi connectivity index (χ1) is 15.8. The quantitative estimate of drug-likeness (QED) is 0.236. The van der Waals surface area contributed by atoms with Crippen LogP contribution in [0.2, 0.25) is 5.02 Å². The lowest BCUT2D eigenvalue weighted by Gasteiger charge is -2.25. The Hall–Kier alpha value is -4.08. The molecule has 4 N–H and O–H groups in total. The van der Waals surface area contributed by atoms with Crippen LogP contribution < -0.4 is 16.7 Å². The van der Waals surface area contributed by atoms with Crippen molar-refractivity contribution in [2.45, 2.75) is 13.0 Å². The molecule has 0 fully saturated rings. The number of aromatic nitrogens is 3. The van der Waals surface area contributed by atoms with E-state index in [-0.39, 0.29) is 27.9 Å². The molecule has 4 rings (SSSR count). The molecule has 0 aliphatic rings. The number of pyridine rings is 1. The van der Waals surface area contributed by atoms with Gasteiger partial charge in [0.25, 0.3) is 17.4 Å². The number of amides is 2. The summed E-state index contributed by atoms with van der Waals surface area (Å²) in [4.78, 5) is 48.5. The van der Waals surface area contributed by atoms with Crippen LogP contribution >= 0.6 is 11.6 Å². The lowest BCUT2D eigenvalue weighted by atomic mass is 10.1. The minimum atomic E-state index is -0.698. The SMILES string of the molecule is CC(c1ccccc1)N(N)C(=O)c1ccc(Cl)c(NC(=O)c2cc3cncnc3[nH]c2=O)c1. The fourth-order valence-electron chi connectivity index (χ4n) is 3.28. The predicted octanol–water partition coefficient (Wildman–Crippen LogP) is 3.30. The van der Waals surface area contributed by atoms with E-state index in [0.717, 1.165) is 10.6 Å². The summed E-state index contributed by atoms with van der Waals surface area (Å²) in [6.07, 6.45) is 2.77. The lowest BCUT2D eigenvalue weighted by Crippen LogP contribution is -2.39. The second-order valence-corrected chi connectivity index (χ2v) is 7.69. The molecule has 9 nitrogen and oxygen atoms in total. The summed E-state index contributed by atoms with van der Waals surface area (Å²) in [6.45, 7) is 1.81. The highest BCUT2D eigenvalue weighted by Gasteiger charge is 2.21. The van der Waals surface area contributed by atoms with Crippen molar-refractivity contribution in [3.05, 3.63) is 99.2 Å². The highest BCUT2D eigenvalue weighted by Crippen LogP contribution is 2.26. The fourth-order valence-corrected chi connectivity index (χ4v) is 3.44. The average Bonchev–Trinajstić information content (AvgIpc) is 2.84. The molecule has 2 heterocycles. The van der Waals surface area contributed by atoms with E-state index < -0.39 is 17.4 Å². The molecule has 2 aromatic carbocycles. The van der Waals surface area contributed by atoms with Gasteiger partial charge in [0.15, 0.2) is 0 Å². The minimum Gasteiger partial charge on any atom is -0.320 e. The number of nitrogens with zero attached hydrogens (tertiary/aromatic N) is 3. The van der Waals surface area contributed by atoms with E-state index in [4.69, 9.17) is 17.4 Å². The van der Waals surface area contributed by atoms with Crippen LogP contribution in [0.25, 0.3) is 11.0 Å². The third-order valence-corrected chi connectivity index (χ3v) is 5.49. The molecule has 166 valence electrons. The average molecular weight is 463 g/mol. The van der Waals surface area contributed by atoms with Gasteiger partial charge in [0.05, 0.1) is 16.8 Å². The number of halogens is 1. The van der Waals surface area contributed by atoms with Crippen molar-refractivity contribution in [2.24, 2.45) is 5.84 Å². The standard InChI is InChI=1S/C23H19ClN6O3/c1-13(14-5-3-2-4-6-14)30(25)23(33)15-7-8-18(24)19(10-15)28-21(31)17-9-16-11-26-12-27-20(16)29-22(17)32/h2-13H,25H2,1H3,(H,28,31)(H,26,27,29,32). The van der Waals surface area contributed by atoms with Gasteiger partial charge in [-0.05, 0) is 36.8 Å². The number of hydrazine groups is 1. The first kappa shape index (κ1) is 22.1. The maximum absolute atomic E-state index is 13.0. The van der Waals surface area contributed by atoms with Crippen molar-refractivity contribution in [2.75, 3.05) is 5.32 Å². The van der Waals surface area contributed by atoms with Gasteiger partial charge >= 0.3 is 0 Å². The monoisotopic (exact) mass is 462 g/mol. The van der Waals surface area contributed by atoms with E-state index in [1.165, 1.54) is 36.8 Å². The summed E-state index contributed by atoms with van der Waals surface area (Å²) in [7, 11) is 0. The summed E-state index contributed by atoms with van der Waals surface area (Å²) >= 11 is 6.23. The molecule has 0 saturated heterocycles. The number of hydrogen-bond donors (Lipinski definition) is 3. The largest absolute Gasteiger partial charge is 0.320 e. The van der Waals surface area contributed by atoms with Gasteiger partial charge in [-0.1, -0.05) is 41.9 Å². The Morgan fingerprint density at radius 1 is 1.15 bits per heavy atom. The number of benzene rings is 2. The number of carbonyl (C=O) groups is 2. The Morgan fingerprint density at radius 3 is 2.67 bits per heavy atom. The molecule has 0 radical (unpaired) electrons. The molecule has 0 saturated carbocycles. The van der Waals surface area contributed by atoms with Gasteiger partial charge in [-0.25, -0.2) is 15.8 Å². The molecule has 2 amide bonds. The summed E-state index contributed by atoms with van der Waals surface area (Å²) < 4.78 is 0. The van der Waals surface area contributed by atoms with Crippen LogP contribution in [0.5, 0.6) is 0 Å². The van der Waals surface area contributed by atoms with Crippen LogP contribution in [-0.4, -0.2) is 31.8 Å². The van der Waals surface area contributed by atoms with Gasteiger partial charge < -0.3 is 10.3 Å². The van der Waals surface area contributed by atoms with E-state index in [1.807, 2.05) is 37.3 Å². The Labute approximate surface area is 193 Å². The molecule has 4 aromatic rings. The van der Waals surface area contributed by atoms with Crippen LogP contribution in [0.4, 0.5) is 5.69 Å². The zero-order valence-electron chi connectivity index (χ0n) is 17.4. The molecule has 0 bridgehead atoms. The predicted molar refractivity (Wildman–Crippen MR) is 125 cm³/mol. The van der Waals surface area contributed by atoms with Crippen molar-refractivity contribution >= 4 is 40.1 Å². The molecule has 1 atom stereocenters. The van der Waals surface area contributed by atoms with Gasteiger partial charge in [0.2, 0.25) is 0 Å². The number of carbonyl (C=O) groups excluding carboxylic acids is 2. The summed E-state index contributed by atoms with van der Waals surface area (Å²) in [5.74, 6) is 4.93. The van der Waals surface area contributed by atoms with Crippen LogP contribution in [0, 0.1) is 0 Å². The topological polar surface area (TPSA) is 134 Å². The van der Waals surface area contributed by atoms with Crippen molar-refractivity contribution in [1.82, 2.24) is 20.0 Å². The summed E-state index contributed by atoms with van der Waals surface area (Å²) in [5.41, 5.74) is 0.802. The third kappa shape index (κ3) is 4.59. The van der Waals surface area contributed by atoms with Crippen molar-refractivity contribution < 1.29 is 9.59 Å². The summed E-state index contributed by atoms with van der Waals surface area (Å²) in [6, 6.07) is 14.7. The van der Waals surface area contributed by atoms with Gasteiger partial charge in [0.1, 0.15) is 17.5 Å². The van der Waals surface area contributed by atoms with E-state index in [2.05, 4.69) is 20.3 Å². The molecule has 1 unspecified atom stereocenters. The fraction of sp³-hybridized carbons (Fsp3) is 0.0870. The van der Waals surface area contributed by atoms with Gasteiger partial charge in [0, 0.05) is 17.1 Å². The van der Waals surface area contributed by atoms with Gasteiger partial charge in [-0.2, -0.15) is 0 Å². The highest BCUT2D eigenvalue weighted by molar-refractivity contribution is 6.34. The van der Waals surface area contributed by atoms with Crippen LogP contribution in [-0.2, 0) is 0 Å². The first-order valence-electron chi connectivity index (χ1n) is 9.92. The summed E-state index contributed by atoms with van der Waals surface area (Å²) in [5, 5.41) is 4.38. The van der Waals surface area contributed by atoms with Gasteiger partial charge in [-0.3, -0.25) is 19.4 Å². The van der Waals surface area contributed by atoms with E-state index in [9.17, 15) is 14.4 Å². The number of fused-ring (bicyclic) bond motifs is 1. The molecular formula is C23H19ClN6O3. The number of H-pyrrole nitrogens is 1. The highest BCUT2D eigenvalue weighted by atomic mass is 35.5. The number of aromatic amines is 1. The third-order valence-electron chi connectivity index (χ3n) is 5.16. The smallest absolute Gasteiger partial charge is 0.268 e. The van der Waals surface area contributed by atoms with Gasteiger partial charge in [-0.15, -0.1) is 0 Å². The number of hydrogen-bond acceptors (Lipinski definition) is 6. The number of anilines is 1. The molecular weight excluding hydrogens is 444 g/mol. The molecule has 0 aliphatic heterocycles. The maximum atomic E-state index is 13.0. The Kier molecular flexibility index (Phi) is 6.16. The number of nitrogens with one attached hydrogen (secondary N) is 2. The van der Waals surface area contributed by atoms with Crippen LogP contribution in [0.3, 0.4) is 0 Å². The minimum absolute atomic E-state index is 0.150. The molecule has 10 heteroatoms.